The van der Waals surface area contributed by atoms with E-state index in [1.807, 2.05) is 26.0 Å². The van der Waals surface area contributed by atoms with E-state index >= 15 is 0 Å². The number of nitrogens with zero attached hydrogens (tertiary/aromatic N) is 1. The van der Waals surface area contributed by atoms with Gasteiger partial charge < -0.3 is 9.64 Å². The molecule has 25 heavy (non-hydrogen) atoms. The highest BCUT2D eigenvalue weighted by Crippen LogP contribution is 2.22. The number of aryl methyl sites for hydroxylation is 1. The van der Waals surface area contributed by atoms with Crippen molar-refractivity contribution in [3.05, 3.63) is 28.8 Å². The Morgan fingerprint density at radius 3 is 2.76 bits per heavy atom. The van der Waals surface area contributed by atoms with Gasteiger partial charge in [-0.1, -0.05) is 18.5 Å². The number of ether oxygens (including phenoxy) is 1. The zero-order chi connectivity index (χ0) is 18.4. The van der Waals surface area contributed by atoms with Crippen LogP contribution < -0.4 is 4.74 Å². The molecule has 0 radical (unpaired) electrons. The Morgan fingerprint density at radius 2 is 2.16 bits per heavy atom. The molecule has 1 aliphatic rings. The summed E-state index contributed by atoms with van der Waals surface area (Å²) in [5.41, 5.74) is 0.961. The molecule has 5 nitrogen and oxygen atoms in total. The van der Waals surface area contributed by atoms with Crippen LogP contribution in [-0.4, -0.2) is 49.9 Å². The highest BCUT2D eigenvalue weighted by molar-refractivity contribution is 7.91. The molecule has 1 aliphatic heterocycles. The van der Waals surface area contributed by atoms with Crippen molar-refractivity contribution in [2.45, 2.75) is 45.6 Å². The van der Waals surface area contributed by atoms with Crippen LogP contribution in [0, 0.1) is 6.92 Å². The van der Waals surface area contributed by atoms with E-state index < -0.39 is 9.84 Å². The zero-order valence-electron chi connectivity index (χ0n) is 14.8. The first kappa shape index (κ1) is 20.0. The smallest absolute Gasteiger partial charge is 0.222 e. The molecule has 0 spiro atoms. The van der Waals surface area contributed by atoms with Gasteiger partial charge in [0.1, 0.15) is 5.75 Å². The number of hydrogen-bond acceptors (Lipinski definition) is 4. The summed E-state index contributed by atoms with van der Waals surface area (Å²) in [5.74, 6) is 1.06. The molecule has 1 amide bonds. The van der Waals surface area contributed by atoms with Gasteiger partial charge in [-0.25, -0.2) is 8.42 Å². The molecule has 1 fully saturated rings. The maximum Gasteiger partial charge on any atom is 0.222 e. The van der Waals surface area contributed by atoms with Crippen molar-refractivity contribution in [2.75, 3.05) is 24.7 Å². The van der Waals surface area contributed by atoms with Crippen LogP contribution in [0.4, 0.5) is 0 Å². The van der Waals surface area contributed by atoms with Crippen molar-refractivity contribution in [3.8, 4) is 5.75 Å². The SMILES string of the molecule is CCCN(C(=O)CCCOc1ccc(Cl)cc1C)C1CCS(=O)(=O)C1. The minimum atomic E-state index is -2.99. The van der Waals surface area contributed by atoms with Gasteiger partial charge in [0.05, 0.1) is 18.1 Å². The van der Waals surface area contributed by atoms with Gasteiger partial charge in [-0.05, 0) is 49.9 Å². The Hall–Kier alpha value is -1.27. The molecular formula is C18H26ClNO4S. The second-order valence-electron chi connectivity index (χ2n) is 6.51. The Kier molecular flexibility index (Phi) is 7.14. The largest absolute Gasteiger partial charge is 0.493 e. The maximum absolute atomic E-state index is 12.5. The fourth-order valence-electron chi connectivity index (χ4n) is 3.10. The third-order valence-corrected chi connectivity index (χ3v) is 6.35. The molecule has 1 heterocycles. The molecule has 7 heteroatoms. The van der Waals surface area contributed by atoms with E-state index in [0.29, 0.717) is 37.4 Å². The summed E-state index contributed by atoms with van der Waals surface area (Å²) < 4.78 is 29.1. The summed E-state index contributed by atoms with van der Waals surface area (Å²) in [5, 5.41) is 0.668. The predicted molar refractivity (Wildman–Crippen MR) is 100.0 cm³/mol. The Bertz CT molecular complexity index is 705. The van der Waals surface area contributed by atoms with Crippen LogP contribution in [0.1, 0.15) is 38.2 Å². The third-order valence-electron chi connectivity index (χ3n) is 4.36. The predicted octanol–water partition coefficient (Wildman–Crippen LogP) is 3.23. The van der Waals surface area contributed by atoms with E-state index in [2.05, 4.69) is 0 Å². The highest BCUT2D eigenvalue weighted by atomic mass is 35.5. The number of rotatable bonds is 8. The lowest BCUT2D eigenvalue weighted by Gasteiger charge is -2.28. The molecule has 1 unspecified atom stereocenters. The number of benzene rings is 1. The van der Waals surface area contributed by atoms with E-state index in [0.717, 1.165) is 17.7 Å². The fraction of sp³-hybridized carbons (Fsp3) is 0.611. The summed E-state index contributed by atoms with van der Waals surface area (Å²) in [6.07, 6.45) is 2.33. The quantitative estimate of drug-likeness (QED) is 0.642. The molecule has 140 valence electrons. The van der Waals surface area contributed by atoms with Crippen LogP contribution in [-0.2, 0) is 14.6 Å². The van der Waals surface area contributed by atoms with Crippen molar-refractivity contribution < 1.29 is 17.9 Å². The normalized spacial score (nSPS) is 18.9. The Morgan fingerprint density at radius 1 is 1.40 bits per heavy atom. The lowest BCUT2D eigenvalue weighted by atomic mass is 10.1. The van der Waals surface area contributed by atoms with Crippen LogP contribution in [0.3, 0.4) is 0 Å². The van der Waals surface area contributed by atoms with E-state index in [9.17, 15) is 13.2 Å². The van der Waals surface area contributed by atoms with Gasteiger partial charge in [0.25, 0.3) is 0 Å². The first-order valence-corrected chi connectivity index (χ1v) is 10.9. The summed E-state index contributed by atoms with van der Waals surface area (Å²) >= 11 is 5.92. The summed E-state index contributed by atoms with van der Waals surface area (Å²) in [6.45, 7) is 4.97. The van der Waals surface area contributed by atoms with E-state index in [-0.39, 0.29) is 23.5 Å². The molecule has 0 aromatic heterocycles. The van der Waals surface area contributed by atoms with Gasteiger partial charge in [0, 0.05) is 24.0 Å². The zero-order valence-corrected chi connectivity index (χ0v) is 16.4. The van der Waals surface area contributed by atoms with Gasteiger partial charge in [-0.2, -0.15) is 0 Å². The minimum Gasteiger partial charge on any atom is -0.493 e. The molecule has 1 aromatic carbocycles. The molecule has 0 bridgehead atoms. The van der Waals surface area contributed by atoms with E-state index in [1.54, 1.807) is 11.0 Å². The lowest BCUT2D eigenvalue weighted by molar-refractivity contribution is -0.133. The van der Waals surface area contributed by atoms with Crippen LogP contribution in [0.25, 0.3) is 0 Å². The number of carbonyl (C=O) groups excluding carboxylic acids is 1. The highest BCUT2D eigenvalue weighted by Gasteiger charge is 2.33. The molecule has 2 rings (SSSR count). The average Bonchev–Trinajstić information content (AvgIpc) is 2.90. The molecular weight excluding hydrogens is 362 g/mol. The van der Waals surface area contributed by atoms with Gasteiger partial charge >= 0.3 is 0 Å². The third kappa shape index (κ3) is 5.89. The molecule has 1 atom stereocenters. The number of carbonyl (C=O) groups is 1. The summed E-state index contributed by atoms with van der Waals surface area (Å²) in [7, 11) is -2.99. The molecule has 0 saturated carbocycles. The molecule has 1 aromatic rings. The molecule has 1 saturated heterocycles. The number of amides is 1. The number of sulfone groups is 1. The van der Waals surface area contributed by atoms with Crippen molar-refractivity contribution in [3.63, 3.8) is 0 Å². The second-order valence-corrected chi connectivity index (χ2v) is 9.17. The average molecular weight is 388 g/mol. The summed E-state index contributed by atoms with van der Waals surface area (Å²) in [6, 6.07) is 5.27. The molecule has 0 aliphatic carbocycles. The van der Waals surface area contributed by atoms with E-state index in [4.69, 9.17) is 16.3 Å². The lowest BCUT2D eigenvalue weighted by Crippen LogP contribution is -2.41. The molecule has 0 N–H and O–H groups in total. The van der Waals surface area contributed by atoms with Crippen molar-refractivity contribution in [2.24, 2.45) is 0 Å². The van der Waals surface area contributed by atoms with Crippen LogP contribution in [0.15, 0.2) is 18.2 Å². The van der Waals surface area contributed by atoms with E-state index in [1.165, 1.54) is 0 Å². The van der Waals surface area contributed by atoms with Crippen LogP contribution in [0.5, 0.6) is 5.75 Å². The van der Waals surface area contributed by atoms with Gasteiger partial charge in [-0.3, -0.25) is 4.79 Å². The second kappa shape index (κ2) is 8.90. The van der Waals surface area contributed by atoms with Crippen molar-refractivity contribution in [1.29, 1.82) is 0 Å². The van der Waals surface area contributed by atoms with Gasteiger partial charge in [0.2, 0.25) is 5.91 Å². The topological polar surface area (TPSA) is 63.7 Å². The first-order chi connectivity index (χ1) is 11.8. The minimum absolute atomic E-state index is 0.0142. The summed E-state index contributed by atoms with van der Waals surface area (Å²) in [4.78, 5) is 14.3. The van der Waals surface area contributed by atoms with Gasteiger partial charge in [0.15, 0.2) is 9.84 Å². The maximum atomic E-state index is 12.5. The van der Waals surface area contributed by atoms with Crippen molar-refractivity contribution in [1.82, 2.24) is 4.90 Å². The number of halogens is 1. The van der Waals surface area contributed by atoms with Gasteiger partial charge in [-0.15, -0.1) is 0 Å². The number of hydrogen-bond donors (Lipinski definition) is 0. The van der Waals surface area contributed by atoms with Crippen molar-refractivity contribution >= 4 is 27.3 Å². The standard InChI is InChI=1S/C18H26ClNO4S/c1-3-9-20(16-8-11-25(22,23)13-16)18(21)5-4-10-24-17-7-6-15(19)12-14(17)2/h6-7,12,16H,3-5,8-11,13H2,1-2H3. The Labute approximate surface area is 155 Å². The van der Waals surface area contributed by atoms with Crippen LogP contribution in [0.2, 0.25) is 5.02 Å². The Balaban J connectivity index is 1.82. The monoisotopic (exact) mass is 387 g/mol. The fourth-order valence-corrected chi connectivity index (χ4v) is 5.05. The first-order valence-electron chi connectivity index (χ1n) is 8.71. The van der Waals surface area contributed by atoms with Crippen LogP contribution >= 0.6 is 11.6 Å².